The average molecular weight is 291 g/mol. The quantitative estimate of drug-likeness (QED) is 0.880. The van der Waals surface area contributed by atoms with Gasteiger partial charge in [0, 0.05) is 39.1 Å². The van der Waals surface area contributed by atoms with E-state index in [4.69, 9.17) is 4.52 Å². The Labute approximate surface area is 125 Å². The first kappa shape index (κ1) is 13.7. The normalized spacial score (nSPS) is 36.0. The number of aromatic nitrogens is 2. The van der Waals surface area contributed by atoms with E-state index < -0.39 is 0 Å². The number of piperidine rings is 1. The number of fused-ring (bicyclic) bond motifs is 3. The van der Waals surface area contributed by atoms with E-state index in [1.807, 2.05) is 0 Å². The van der Waals surface area contributed by atoms with Gasteiger partial charge in [0.25, 0.3) is 0 Å². The van der Waals surface area contributed by atoms with Crippen molar-refractivity contribution < 1.29 is 4.52 Å². The van der Waals surface area contributed by atoms with Gasteiger partial charge >= 0.3 is 0 Å². The van der Waals surface area contributed by atoms with Crippen molar-refractivity contribution in [3.05, 3.63) is 11.7 Å². The minimum absolute atomic E-state index is 0.348. The molecular weight excluding hydrogens is 266 g/mol. The van der Waals surface area contributed by atoms with Gasteiger partial charge < -0.3 is 9.84 Å². The van der Waals surface area contributed by atoms with E-state index in [1.165, 1.54) is 32.5 Å². The van der Waals surface area contributed by atoms with Gasteiger partial charge in [-0.3, -0.25) is 9.80 Å². The molecule has 6 nitrogen and oxygen atoms in total. The number of piperazine rings is 3. The largest absolute Gasteiger partial charge is 0.339 e. The lowest BCUT2D eigenvalue weighted by atomic mass is 9.95. The Kier molecular flexibility index (Phi) is 3.92. The number of rotatable bonds is 4. The highest BCUT2D eigenvalue weighted by atomic mass is 16.5. The van der Waals surface area contributed by atoms with Crippen molar-refractivity contribution in [2.24, 2.45) is 5.92 Å². The van der Waals surface area contributed by atoms with Crippen molar-refractivity contribution in [1.29, 1.82) is 0 Å². The Morgan fingerprint density at radius 1 is 1.24 bits per heavy atom. The second kappa shape index (κ2) is 6.02. The van der Waals surface area contributed by atoms with E-state index >= 15 is 0 Å². The molecule has 1 aromatic rings. The summed E-state index contributed by atoms with van der Waals surface area (Å²) in [6.07, 6.45) is 4.72. The topological polar surface area (TPSA) is 57.4 Å². The molecule has 0 aromatic carbocycles. The molecule has 2 bridgehead atoms. The predicted octanol–water partition coefficient (Wildman–Crippen LogP) is 0.674. The number of aryl methyl sites for hydroxylation is 1. The van der Waals surface area contributed by atoms with Crippen LogP contribution in [0.2, 0.25) is 0 Å². The third kappa shape index (κ3) is 2.98. The van der Waals surface area contributed by atoms with Crippen LogP contribution in [0.4, 0.5) is 0 Å². The van der Waals surface area contributed by atoms with Gasteiger partial charge in [0.15, 0.2) is 5.82 Å². The van der Waals surface area contributed by atoms with Crippen LogP contribution in [0.5, 0.6) is 0 Å². The molecule has 4 aliphatic rings. The fraction of sp³-hybridized carbons (Fsp3) is 0.867. The molecule has 0 spiro atoms. The minimum Gasteiger partial charge on any atom is -0.339 e. The molecule has 4 fully saturated rings. The average Bonchev–Trinajstić information content (AvgIpc) is 3.04. The molecule has 0 radical (unpaired) electrons. The molecule has 0 saturated carbocycles. The minimum atomic E-state index is 0.348. The second-order valence-electron chi connectivity index (χ2n) is 6.65. The summed E-state index contributed by atoms with van der Waals surface area (Å²) in [6, 6.07) is 0.348. The van der Waals surface area contributed by atoms with Crippen LogP contribution in [0, 0.1) is 5.92 Å². The van der Waals surface area contributed by atoms with Gasteiger partial charge in [-0.1, -0.05) is 5.16 Å². The van der Waals surface area contributed by atoms with Crippen molar-refractivity contribution in [2.45, 2.75) is 31.7 Å². The lowest BCUT2D eigenvalue weighted by molar-refractivity contribution is 0.00781. The summed E-state index contributed by atoms with van der Waals surface area (Å²) in [5, 5.41) is 7.72. The third-order valence-corrected chi connectivity index (χ3v) is 5.23. The smallest absolute Gasteiger partial charge is 0.226 e. The van der Waals surface area contributed by atoms with Gasteiger partial charge in [-0.25, -0.2) is 0 Å². The zero-order valence-electron chi connectivity index (χ0n) is 12.6. The van der Waals surface area contributed by atoms with Gasteiger partial charge in [0.05, 0.1) is 6.04 Å². The maximum Gasteiger partial charge on any atom is 0.226 e. The Morgan fingerprint density at radius 3 is 2.86 bits per heavy atom. The van der Waals surface area contributed by atoms with E-state index in [2.05, 4.69) is 25.3 Å². The van der Waals surface area contributed by atoms with Crippen LogP contribution in [0.25, 0.3) is 0 Å². The fourth-order valence-corrected chi connectivity index (χ4v) is 3.87. The van der Waals surface area contributed by atoms with Crippen LogP contribution in [0.3, 0.4) is 0 Å². The molecule has 2 unspecified atom stereocenters. The summed E-state index contributed by atoms with van der Waals surface area (Å²) in [6.45, 7) is 8.05. The van der Waals surface area contributed by atoms with Crippen molar-refractivity contribution in [2.75, 3.05) is 45.8 Å². The summed E-state index contributed by atoms with van der Waals surface area (Å²) in [7, 11) is 0. The van der Waals surface area contributed by atoms with E-state index in [9.17, 15) is 0 Å². The fourth-order valence-electron chi connectivity index (χ4n) is 3.87. The molecule has 4 saturated heterocycles. The first-order valence-corrected chi connectivity index (χ1v) is 8.38. The molecule has 116 valence electrons. The number of hydrogen-bond donors (Lipinski definition) is 1. The van der Waals surface area contributed by atoms with Crippen molar-refractivity contribution >= 4 is 0 Å². The van der Waals surface area contributed by atoms with Crippen LogP contribution in [-0.2, 0) is 6.42 Å². The summed E-state index contributed by atoms with van der Waals surface area (Å²) < 4.78 is 5.49. The van der Waals surface area contributed by atoms with Crippen molar-refractivity contribution in [3.63, 3.8) is 0 Å². The first-order chi connectivity index (χ1) is 10.4. The molecule has 0 amide bonds. The SMILES string of the molecule is C1CNCC(CCc2nc(C3CN4CCN3CC4)no2)C1. The summed E-state index contributed by atoms with van der Waals surface area (Å²) >= 11 is 0. The summed E-state index contributed by atoms with van der Waals surface area (Å²) in [5.74, 6) is 2.50. The summed E-state index contributed by atoms with van der Waals surface area (Å²) in [4.78, 5) is 9.68. The van der Waals surface area contributed by atoms with Crippen molar-refractivity contribution in [3.8, 4) is 0 Å². The van der Waals surface area contributed by atoms with E-state index in [0.717, 1.165) is 56.7 Å². The maximum atomic E-state index is 5.49. The highest BCUT2D eigenvalue weighted by Crippen LogP contribution is 2.27. The maximum absolute atomic E-state index is 5.49. The Morgan fingerprint density at radius 2 is 2.14 bits per heavy atom. The number of hydrogen-bond acceptors (Lipinski definition) is 6. The van der Waals surface area contributed by atoms with Gasteiger partial charge in [0.1, 0.15) is 0 Å². The first-order valence-electron chi connectivity index (χ1n) is 8.38. The molecule has 6 heteroatoms. The molecule has 21 heavy (non-hydrogen) atoms. The highest BCUT2D eigenvalue weighted by molar-refractivity contribution is 5.01. The molecule has 0 aliphatic carbocycles. The Hall–Kier alpha value is -0.980. The van der Waals surface area contributed by atoms with E-state index in [1.54, 1.807) is 0 Å². The Balaban J connectivity index is 1.35. The van der Waals surface area contributed by atoms with Crippen LogP contribution >= 0.6 is 0 Å². The van der Waals surface area contributed by atoms with Gasteiger partial charge in [-0.2, -0.15) is 4.98 Å². The molecule has 1 N–H and O–H groups in total. The van der Waals surface area contributed by atoms with Gasteiger partial charge in [0.2, 0.25) is 5.89 Å². The molecular formula is C15H25N5O. The molecule has 4 aliphatic heterocycles. The second-order valence-corrected chi connectivity index (χ2v) is 6.65. The standard InChI is InChI=1S/C15H25N5O/c1-2-12(10-16-5-1)3-4-14-17-15(18-21-14)13-11-19-6-8-20(13)9-7-19/h12-13,16H,1-11H2. The molecule has 1 aromatic heterocycles. The zero-order chi connectivity index (χ0) is 14.1. The highest BCUT2D eigenvalue weighted by Gasteiger charge is 2.35. The monoisotopic (exact) mass is 291 g/mol. The molecule has 2 atom stereocenters. The Bertz CT molecular complexity index is 462. The van der Waals surface area contributed by atoms with Crippen LogP contribution in [0.15, 0.2) is 4.52 Å². The zero-order valence-corrected chi connectivity index (χ0v) is 12.6. The van der Waals surface area contributed by atoms with Crippen LogP contribution < -0.4 is 5.32 Å². The molecule has 5 rings (SSSR count). The molecule has 5 heterocycles. The predicted molar refractivity (Wildman–Crippen MR) is 79.0 cm³/mol. The number of nitrogens with zero attached hydrogens (tertiary/aromatic N) is 4. The van der Waals surface area contributed by atoms with Crippen LogP contribution in [-0.4, -0.2) is 65.8 Å². The van der Waals surface area contributed by atoms with Gasteiger partial charge in [-0.05, 0) is 38.3 Å². The number of nitrogens with one attached hydrogen (secondary N) is 1. The van der Waals surface area contributed by atoms with E-state index in [0.29, 0.717) is 6.04 Å². The van der Waals surface area contributed by atoms with Crippen LogP contribution in [0.1, 0.15) is 37.0 Å². The lowest BCUT2D eigenvalue weighted by Crippen LogP contribution is -2.57. The summed E-state index contributed by atoms with van der Waals surface area (Å²) in [5.41, 5.74) is 0. The third-order valence-electron chi connectivity index (χ3n) is 5.23. The van der Waals surface area contributed by atoms with Gasteiger partial charge in [-0.15, -0.1) is 0 Å². The van der Waals surface area contributed by atoms with E-state index in [-0.39, 0.29) is 0 Å². The lowest BCUT2D eigenvalue weighted by Gasteiger charge is -2.46. The van der Waals surface area contributed by atoms with Crippen molar-refractivity contribution in [1.82, 2.24) is 25.3 Å².